The monoisotopic (exact) mass is 314 g/mol. The number of rotatable bonds is 5. The van der Waals surface area contributed by atoms with Crippen LogP contribution in [-0.2, 0) is 0 Å². The quantitative estimate of drug-likeness (QED) is 0.640. The van der Waals surface area contributed by atoms with Gasteiger partial charge in [0.25, 0.3) is 0 Å². The Morgan fingerprint density at radius 1 is 1.39 bits per heavy atom. The number of aromatic nitrogens is 2. The number of para-hydroxylation sites is 1. The van der Waals surface area contributed by atoms with Crippen LogP contribution >= 0.6 is 0 Å². The van der Waals surface area contributed by atoms with Crippen molar-refractivity contribution in [2.45, 2.75) is 6.42 Å². The second kappa shape index (κ2) is 6.47. The first kappa shape index (κ1) is 15.0. The van der Waals surface area contributed by atoms with Gasteiger partial charge in [0.05, 0.1) is 4.92 Å². The second-order valence-electron chi connectivity index (χ2n) is 5.54. The van der Waals surface area contributed by atoms with E-state index in [0.29, 0.717) is 18.4 Å². The summed E-state index contributed by atoms with van der Waals surface area (Å²) in [5, 5.41) is 13.8. The maximum Gasteiger partial charge on any atom is 0.329 e. The Hall–Kier alpha value is -2.90. The first-order valence-corrected chi connectivity index (χ1v) is 7.44. The van der Waals surface area contributed by atoms with Crippen LogP contribution in [0.4, 0.5) is 23.1 Å². The number of nitrogens with zero attached hydrogens (tertiary/aromatic N) is 4. The Balaban J connectivity index is 1.55. The topological polar surface area (TPSA) is 110 Å². The van der Waals surface area contributed by atoms with Gasteiger partial charge in [0, 0.05) is 25.3 Å². The van der Waals surface area contributed by atoms with Crippen LogP contribution in [0.1, 0.15) is 6.42 Å². The lowest BCUT2D eigenvalue weighted by atomic mass is 10.1. The molecule has 1 aliphatic heterocycles. The van der Waals surface area contributed by atoms with E-state index in [1.807, 2.05) is 18.2 Å². The SMILES string of the molecule is Nc1nc(NC[C@H]2CCN(c3ccccc3)C2)ncc1[N+](=O)[O-]. The van der Waals surface area contributed by atoms with Crippen LogP contribution in [0, 0.1) is 16.0 Å². The normalized spacial score (nSPS) is 17.2. The zero-order chi connectivity index (χ0) is 16.2. The van der Waals surface area contributed by atoms with Gasteiger partial charge in [-0.15, -0.1) is 0 Å². The van der Waals surface area contributed by atoms with E-state index in [-0.39, 0.29) is 11.5 Å². The van der Waals surface area contributed by atoms with Crippen molar-refractivity contribution in [2.24, 2.45) is 5.92 Å². The molecular weight excluding hydrogens is 296 g/mol. The summed E-state index contributed by atoms with van der Waals surface area (Å²) in [4.78, 5) is 20.3. The van der Waals surface area contributed by atoms with E-state index < -0.39 is 4.92 Å². The molecule has 1 aromatic carbocycles. The largest absolute Gasteiger partial charge is 0.378 e. The summed E-state index contributed by atoms with van der Waals surface area (Å²) < 4.78 is 0. The smallest absolute Gasteiger partial charge is 0.329 e. The molecule has 1 aliphatic rings. The van der Waals surface area contributed by atoms with Crippen molar-refractivity contribution in [1.29, 1.82) is 0 Å². The minimum Gasteiger partial charge on any atom is -0.378 e. The molecule has 2 aromatic rings. The summed E-state index contributed by atoms with van der Waals surface area (Å²) in [6.45, 7) is 2.68. The Morgan fingerprint density at radius 3 is 2.87 bits per heavy atom. The van der Waals surface area contributed by atoms with Crippen molar-refractivity contribution in [3.8, 4) is 0 Å². The standard InChI is InChI=1S/C15H18N6O2/c16-14-13(21(22)23)9-18-15(19-14)17-8-11-6-7-20(10-11)12-4-2-1-3-5-12/h1-5,9,11H,6-8,10H2,(H3,16,17,18,19)/t11-/m1/s1. The zero-order valence-electron chi connectivity index (χ0n) is 12.6. The maximum atomic E-state index is 10.7. The fourth-order valence-electron chi connectivity index (χ4n) is 2.72. The number of anilines is 3. The van der Waals surface area contributed by atoms with Gasteiger partial charge in [0.1, 0.15) is 6.20 Å². The average Bonchev–Trinajstić information content (AvgIpc) is 3.02. The lowest BCUT2D eigenvalue weighted by Gasteiger charge is -2.18. The van der Waals surface area contributed by atoms with Crippen molar-refractivity contribution < 1.29 is 4.92 Å². The third-order valence-corrected chi connectivity index (χ3v) is 3.95. The molecule has 1 aromatic heterocycles. The molecule has 0 spiro atoms. The molecule has 0 bridgehead atoms. The molecule has 1 saturated heterocycles. The van der Waals surface area contributed by atoms with Gasteiger partial charge in [-0.3, -0.25) is 10.1 Å². The summed E-state index contributed by atoms with van der Waals surface area (Å²) in [6.07, 6.45) is 2.21. The Labute approximate surface area is 133 Å². The third-order valence-electron chi connectivity index (χ3n) is 3.95. The number of nitrogens with one attached hydrogen (secondary N) is 1. The van der Waals surface area contributed by atoms with Crippen LogP contribution in [0.15, 0.2) is 36.5 Å². The number of nitrogen functional groups attached to an aromatic ring is 1. The third kappa shape index (κ3) is 3.47. The first-order chi connectivity index (χ1) is 11.1. The van der Waals surface area contributed by atoms with E-state index in [1.165, 1.54) is 5.69 Å². The minimum atomic E-state index is -0.589. The molecule has 0 aliphatic carbocycles. The van der Waals surface area contributed by atoms with Gasteiger partial charge in [-0.1, -0.05) is 18.2 Å². The van der Waals surface area contributed by atoms with E-state index in [1.54, 1.807) is 0 Å². The highest BCUT2D eigenvalue weighted by atomic mass is 16.6. The van der Waals surface area contributed by atoms with Crippen LogP contribution in [0.25, 0.3) is 0 Å². The molecule has 0 amide bonds. The molecule has 2 heterocycles. The van der Waals surface area contributed by atoms with Crippen LogP contribution in [0.2, 0.25) is 0 Å². The van der Waals surface area contributed by atoms with Crippen molar-refractivity contribution in [3.05, 3.63) is 46.6 Å². The van der Waals surface area contributed by atoms with Crippen LogP contribution in [-0.4, -0.2) is 34.5 Å². The fraction of sp³-hybridized carbons (Fsp3) is 0.333. The highest BCUT2D eigenvalue weighted by Gasteiger charge is 2.23. The van der Waals surface area contributed by atoms with Gasteiger partial charge in [0.2, 0.25) is 11.8 Å². The maximum absolute atomic E-state index is 10.7. The lowest BCUT2D eigenvalue weighted by Crippen LogP contribution is -2.22. The zero-order valence-corrected chi connectivity index (χ0v) is 12.6. The van der Waals surface area contributed by atoms with Gasteiger partial charge in [-0.25, -0.2) is 4.98 Å². The molecule has 1 fully saturated rings. The van der Waals surface area contributed by atoms with Crippen molar-refractivity contribution in [3.63, 3.8) is 0 Å². The summed E-state index contributed by atoms with van der Waals surface area (Å²) in [5.41, 5.74) is 6.52. The molecule has 0 unspecified atom stereocenters. The highest BCUT2D eigenvalue weighted by molar-refractivity contribution is 5.53. The summed E-state index contributed by atoms with van der Waals surface area (Å²) in [5.74, 6) is 0.673. The van der Waals surface area contributed by atoms with E-state index >= 15 is 0 Å². The number of hydrogen-bond acceptors (Lipinski definition) is 7. The van der Waals surface area contributed by atoms with Crippen molar-refractivity contribution >= 4 is 23.1 Å². The van der Waals surface area contributed by atoms with Crippen molar-refractivity contribution in [1.82, 2.24) is 9.97 Å². The van der Waals surface area contributed by atoms with Gasteiger partial charge < -0.3 is 16.0 Å². The molecule has 120 valence electrons. The minimum absolute atomic E-state index is 0.121. The molecule has 8 nitrogen and oxygen atoms in total. The van der Waals surface area contributed by atoms with Gasteiger partial charge >= 0.3 is 5.69 Å². The molecular formula is C15H18N6O2. The molecule has 0 saturated carbocycles. The first-order valence-electron chi connectivity index (χ1n) is 7.44. The second-order valence-corrected chi connectivity index (χ2v) is 5.54. The number of benzene rings is 1. The molecule has 3 rings (SSSR count). The van der Waals surface area contributed by atoms with E-state index in [0.717, 1.165) is 25.7 Å². The fourth-order valence-corrected chi connectivity index (χ4v) is 2.72. The van der Waals surface area contributed by atoms with Crippen molar-refractivity contribution in [2.75, 3.05) is 35.6 Å². The Morgan fingerprint density at radius 2 is 2.17 bits per heavy atom. The van der Waals surface area contributed by atoms with Gasteiger partial charge in [-0.2, -0.15) is 4.98 Å². The number of nitrogens with two attached hydrogens (primary N) is 1. The predicted octanol–water partition coefficient (Wildman–Crippen LogP) is 1.91. The van der Waals surface area contributed by atoms with E-state index in [2.05, 4.69) is 32.3 Å². The Kier molecular flexibility index (Phi) is 4.22. The molecule has 3 N–H and O–H groups in total. The predicted molar refractivity (Wildman–Crippen MR) is 88.4 cm³/mol. The molecule has 1 atom stereocenters. The van der Waals surface area contributed by atoms with Crippen LogP contribution in [0.5, 0.6) is 0 Å². The van der Waals surface area contributed by atoms with E-state index in [4.69, 9.17) is 5.73 Å². The lowest BCUT2D eigenvalue weighted by molar-refractivity contribution is -0.384. The highest BCUT2D eigenvalue weighted by Crippen LogP contribution is 2.24. The molecule has 23 heavy (non-hydrogen) atoms. The Bertz CT molecular complexity index is 694. The molecule has 8 heteroatoms. The van der Waals surface area contributed by atoms with E-state index in [9.17, 15) is 10.1 Å². The van der Waals surface area contributed by atoms with Crippen LogP contribution in [0.3, 0.4) is 0 Å². The molecule has 0 radical (unpaired) electrons. The number of hydrogen-bond donors (Lipinski definition) is 2. The van der Waals surface area contributed by atoms with Gasteiger partial charge in [0.15, 0.2) is 0 Å². The number of nitro groups is 1. The van der Waals surface area contributed by atoms with Gasteiger partial charge in [-0.05, 0) is 24.5 Å². The summed E-state index contributed by atoms with van der Waals surface area (Å²) >= 11 is 0. The summed E-state index contributed by atoms with van der Waals surface area (Å²) in [7, 11) is 0. The average molecular weight is 314 g/mol. The summed E-state index contributed by atoms with van der Waals surface area (Å²) in [6, 6.07) is 10.3. The van der Waals surface area contributed by atoms with Crippen LogP contribution < -0.4 is 16.0 Å².